The fourth-order valence-electron chi connectivity index (χ4n) is 2.10. The van der Waals surface area contributed by atoms with Crippen LogP contribution in [0.15, 0.2) is 24.3 Å². The summed E-state index contributed by atoms with van der Waals surface area (Å²) in [5, 5.41) is -0.677. The van der Waals surface area contributed by atoms with Crippen LogP contribution in [0.3, 0.4) is 0 Å². The third-order valence-corrected chi connectivity index (χ3v) is 3.50. The van der Waals surface area contributed by atoms with Crippen LogP contribution in [0.4, 0.5) is 0 Å². The molecule has 0 aromatic heterocycles. The summed E-state index contributed by atoms with van der Waals surface area (Å²) in [5.74, 6) is 0.662. The number of carbonyl (C=O) groups excluding carboxylic acids is 1. The number of amides is 1. The van der Waals surface area contributed by atoms with Gasteiger partial charge in [-0.1, -0.05) is 12.1 Å². The predicted octanol–water partition coefficient (Wildman–Crippen LogP) is 2.61. The molecule has 1 aliphatic heterocycles. The lowest BCUT2D eigenvalue weighted by Crippen LogP contribution is -2.42. The highest BCUT2D eigenvalue weighted by Gasteiger charge is 2.25. The van der Waals surface area contributed by atoms with E-state index in [0.29, 0.717) is 26.3 Å². The Balaban J connectivity index is 2.07. The summed E-state index contributed by atoms with van der Waals surface area (Å²) in [7, 11) is 0. The van der Waals surface area contributed by atoms with Gasteiger partial charge < -0.3 is 14.4 Å². The molecule has 0 aliphatic carbocycles. The Morgan fingerprint density at radius 3 is 2.70 bits per heavy atom. The van der Waals surface area contributed by atoms with Gasteiger partial charge >= 0.3 is 0 Å². The molecule has 20 heavy (non-hydrogen) atoms. The second-order valence-corrected chi connectivity index (χ2v) is 5.48. The maximum absolute atomic E-state index is 12.3. The number of morpholine rings is 1. The first-order valence-corrected chi connectivity index (χ1v) is 7.29. The minimum atomic E-state index is -0.677. The van der Waals surface area contributed by atoms with Crippen molar-refractivity contribution in [2.75, 3.05) is 26.3 Å². The maximum Gasteiger partial charge on any atom is 0.245 e. The Labute approximate surface area is 124 Å². The Kier molecular flexibility index (Phi) is 5.26. The van der Waals surface area contributed by atoms with Crippen LogP contribution >= 0.6 is 11.6 Å². The van der Waals surface area contributed by atoms with Crippen LogP contribution in [-0.2, 0) is 9.53 Å². The summed E-state index contributed by atoms with van der Waals surface area (Å²) >= 11 is 6.31. The molecule has 0 spiro atoms. The van der Waals surface area contributed by atoms with Crippen LogP contribution in [0.5, 0.6) is 5.75 Å². The van der Waals surface area contributed by atoms with E-state index in [0.717, 1.165) is 11.3 Å². The van der Waals surface area contributed by atoms with Gasteiger partial charge in [0.2, 0.25) is 5.91 Å². The summed E-state index contributed by atoms with van der Waals surface area (Å²) in [6, 6.07) is 7.40. The highest BCUT2D eigenvalue weighted by Crippen LogP contribution is 2.27. The van der Waals surface area contributed by atoms with E-state index in [2.05, 4.69) is 0 Å². The van der Waals surface area contributed by atoms with E-state index in [1.807, 2.05) is 38.1 Å². The Morgan fingerprint density at radius 1 is 1.35 bits per heavy atom. The molecule has 0 N–H and O–H groups in total. The van der Waals surface area contributed by atoms with Crippen molar-refractivity contribution in [1.82, 2.24) is 4.90 Å². The largest absolute Gasteiger partial charge is 0.491 e. The van der Waals surface area contributed by atoms with E-state index in [1.54, 1.807) is 4.90 Å². The van der Waals surface area contributed by atoms with E-state index in [4.69, 9.17) is 21.1 Å². The van der Waals surface area contributed by atoms with Gasteiger partial charge in [0.25, 0.3) is 0 Å². The average Bonchev–Trinajstić information content (AvgIpc) is 2.46. The van der Waals surface area contributed by atoms with Crippen LogP contribution in [-0.4, -0.2) is 43.2 Å². The van der Waals surface area contributed by atoms with Gasteiger partial charge in [0, 0.05) is 13.1 Å². The van der Waals surface area contributed by atoms with Gasteiger partial charge in [-0.05, 0) is 31.5 Å². The van der Waals surface area contributed by atoms with Gasteiger partial charge in [0.05, 0.1) is 19.3 Å². The zero-order valence-electron chi connectivity index (χ0n) is 11.8. The summed E-state index contributed by atoms with van der Waals surface area (Å²) in [6.45, 7) is 6.28. The van der Waals surface area contributed by atoms with Crippen LogP contribution in [0, 0.1) is 0 Å². The Bertz CT molecular complexity index is 458. The minimum absolute atomic E-state index is 0.0725. The summed E-state index contributed by atoms with van der Waals surface area (Å²) in [6.07, 6.45) is 0.0916. The third-order valence-electron chi connectivity index (χ3n) is 3.06. The molecule has 0 radical (unpaired) electrons. The normalized spacial score (nSPS) is 17.1. The van der Waals surface area contributed by atoms with Crippen molar-refractivity contribution in [3.05, 3.63) is 29.8 Å². The van der Waals surface area contributed by atoms with Crippen molar-refractivity contribution < 1.29 is 14.3 Å². The lowest BCUT2D eigenvalue weighted by atomic mass is 10.1. The minimum Gasteiger partial charge on any atom is -0.491 e. The number of alkyl halides is 1. The molecule has 1 aliphatic rings. The van der Waals surface area contributed by atoms with E-state index in [9.17, 15) is 4.79 Å². The molecule has 1 saturated heterocycles. The van der Waals surface area contributed by atoms with Crippen LogP contribution in [0.1, 0.15) is 24.8 Å². The van der Waals surface area contributed by atoms with Gasteiger partial charge in [-0.2, -0.15) is 0 Å². The fraction of sp³-hybridized carbons (Fsp3) is 0.533. The predicted molar refractivity (Wildman–Crippen MR) is 78.2 cm³/mol. The van der Waals surface area contributed by atoms with Crippen molar-refractivity contribution in [2.24, 2.45) is 0 Å². The second kappa shape index (κ2) is 6.95. The molecule has 1 atom stereocenters. The van der Waals surface area contributed by atoms with Gasteiger partial charge in [-0.15, -0.1) is 11.6 Å². The first-order valence-electron chi connectivity index (χ1n) is 6.85. The highest BCUT2D eigenvalue weighted by molar-refractivity contribution is 6.30. The fourth-order valence-corrected chi connectivity index (χ4v) is 2.38. The molecule has 110 valence electrons. The first-order chi connectivity index (χ1) is 9.58. The second-order valence-electron chi connectivity index (χ2n) is 5.04. The number of benzene rings is 1. The summed E-state index contributed by atoms with van der Waals surface area (Å²) in [4.78, 5) is 14.1. The highest BCUT2D eigenvalue weighted by atomic mass is 35.5. The lowest BCUT2D eigenvalue weighted by Gasteiger charge is -2.28. The molecule has 5 heteroatoms. The molecule has 1 aromatic carbocycles. The van der Waals surface area contributed by atoms with E-state index >= 15 is 0 Å². The molecule has 2 rings (SSSR count). The molecule has 1 heterocycles. The standard InChI is InChI=1S/C15H20ClNO3/c1-11(2)20-13-5-3-4-12(10-13)14(16)15(18)17-6-8-19-9-7-17/h3-5,10-11,14H,6-9H2,1-2H3. The SMILES string of the molecule is CC(C)Oc1cccc(C(Cl)C(=O)N2CCOCC2)c1. The molecule has 0 saturated carbocycles. The van der Waals surface area contributed by atoms with E-state index in [1.165, 1.54) is 0 Å². The molecular formula is C15H20ClNO3. The average molecular weight is 298 g/mol. The number of halogens is 1. The van der Waals surface area contributed by atoms with Gasteiger partial charge in [-0.3, -0.25) is 4.79 Å². The smallest absolute Gasteiger partial charge is 0.245 e. The summed E-state index contributed by atoms with van der Waals surface area (Å²) in [5.41, 5.74) is 0.765. The Morgan fingerprint density at radius 2 is 2.05 bits per heavy atom. The number of nitrogens with zero attached hydrogens (tertiary/aromatic N) is 1. The quantitative estimate of drug-likeness (QED) is 0.802. The van der Waals surface area contributed by atoms with Crippen molar-refractivity contribution in [3.8, 4) is 5.75 Å². The zero-order valence-corrected chi connectivity index (χ0v) is 12.6. The molecule has 0 bridgehead atoms. The molecule has 4 nitrogen and oxygen atoms in total. The number of hydrogen-bond acceptors (Lipinski definition) is 3. The molecular weight excluding hydrogens is 278 g/mol. The van der Waals surface area contributed by atoms with Crippen LogP contribution in [0.2, 0.25) is 0 Å². The molecule has 1 unspecified atom stereocenters. The van der Waals surface area contributed by atoms with Crippen molar-refractivity contribution in [3.63, 3.8) is 0 Å². The van der Waals surface area contributed by atoms with Gasteiger partial charge in [-0.25, -0.2) is 0 Å². The number of rotatable bonds is 4. The lowest BCUT2D eigenvalue weighted by molar-refractivity contribution is -0.134. The zero-order chi connectivity index (χ0) is 14.5. The monoisotopic (exact) mass is 297 g/mol. The van der Waals surface area contributed by atoms with Crippen LogP contribution in [0.25, 0.3) is 0 Å². The van der Waals surface area contributed by atoms with Crippen molar-refractivity contribution in [2.45, 2.75) is 25.3 Å². The molecule has 1 amide bonds. The molecule has 1 fully saturated rings. The topological polar surface area (TPSA) is 38.8 Å². The van der Waals surface area contributed by atoms with Crippen molar-refractivity contribution >= 4 is 17.5 Å². The summed E-state index contributed by atoms with van der Waals surface area (Å²) < 4.78 is 10.9. The maximum atomic E-state index is 12.3. The van der Waals surface area contributed by atoms with Gasteiger partial charge in [0.1, 0.15) is 11.1 Å². The van der Waals surface area contributed by atoms with Crippen molar-refractivity contribution in [1.29, 1.82) is 0 Å². The number of carbonyl (C=O) groups is 1. The third kappa shape index (κ3) is 3.87. The number of ether oxygens (including phenoxy) is 2. The number of hydrogen-bond donors (Lipinski definition) is 0. The Hall–Kier alpha value is -1.26. The van der Waals surface area contributed by atoms with Crippen LogP contribution < -0.4 is 4.74 Å². The first kappa shape index (κ1) is 15.1. The van der Waals surface area contributed by atoms with E-state index < -0.39 is 5.38 Å². The van der Waals surface area contributed by atoms with E-state index in [-0.39, 0.29) is 12.0 Å². The molecule has 1 aromatic rings. The van der Waals surface area contributed by atoms with Gasteiger partial charge in [0.15, 0.2) is 0 Å².